The minimum Gasteiger partial charge on any atom is -0.376 e. The molecule has 2 aliphatic rings. The van der Waals surface area contributed by atoms with Gasteiger partial charge in [-0.3, -0.25) is 4.79 Å². The van der Waals surface area contributed by atoms with Crippen molar-refractivity contribution in [1.82, 2.24) is 9.21 Å². The number of nitrogens with zero attached hydrogens (tertiary/aromatic N) is 2. The van der Waals surface area contributed by atoms with E-state index in [2.05, 4.69) is 0 Å². The molecule has 0 radical (unpaired) electrons. The number of sulfonamides is 1. The molecule has 2 heterocycles. The van der Waals surface area contributed by atoms with Gasteiger partial charge in [0.2, 0.25) is 15.9 Å². The van der Waals surface area contributed by atoms with Gasteiger partial charge in [0.05, 0.1) is 31.4 Å². The van der Waals surface area contributed by atoms with Crippen LogP contribution in [0.4, 0.5) is 0 Å². The zero-order valence-electron chi connectivity index (χ0n) is 13.4. The Morgan fingerprint density at radius 2 is 1.86 bits per heavy atom. The first-order valence-electron chi connectivity index (χ1n) is 7.14. The average molecular weight is 336 g/mol. The summed E-state index contributed by atoms with van der Waals surface area (Å²) in [7, 11) is 1.65. The van der Waals surface area contributed by atoms with Crippen LogP contribution >= 0.6 is 0 Å². The molecule has 0 aromatic carbocycles. The van der Waals surface area contributed by atoms with Gasteiger partial charge in [0.1, 0.15) is 12.2 Å². The van der Waals surface area contributed by atoms with Crippen LogP contribution in [0.15, 0.2) is 0 Å². The predicted octanol–water partition coefficient (Wildman–Crippen LogP) is -1.23. The quantitative estimate of drug-likeness (QED) is 0.625. The van der Waals surface area contributed by atoms with Crippen molar-refractivity contribution in [3.63, 3.8) is 0 Å². The smallest absolute Gasteiger partial charge is 0.228 e. The number of ether oxygens (including phenoxy) is 3. The molecule has 8 nitrogen and oxygen atoms in total. The minimum atomic E-state index is -3.22. The van der Waals surface area contributed by atoms with Gasteiger partial charge in [-0.25, -0.2) is 12.7 Å². The highest BCUT2D eigenvalue weighted by Gasteiger charge is 2.44. The molecule has 0 aromatic rings. The molecular weight excluding hydrogens is 312 g/mol. The van der Waals surface area contributed by atoms with Gasteiger partial charge in [-0.1, -0.05) is 0 Å². The van der Waals surface area contributed by atoms with Gasteiger partial charge in [0.25, 0.3) is 0 Å². The SMILES string of the molecule is CO[C@H]1[C@H](N(C)C(=O)C2CN(S(C)(=O)=O)C2)COC[C@H]1OC. The Hall–Kier alpha value is -0.740. The fourth-order valence-corrected chi connectivity index (χ4v) is 3.80. The number of likely N-dealkylation sites (N-methyl/N-ethyl adjacent to an activating group) is 1. The van der Waals surface area contributed by atoms with E-state index < -0.39 is 10.0 Å². The van der Waals surface area contributed by atoms with E-state index in [4.69, 9.17) is 14.2 Å². The van der Waals surface area contributed by atoms with E-state index in [0.717, 1.165) is 6.26 Å². The third kappa shape index (κ3) is 3.43. The van der Waals surface area contributed by atoms with Gasteiger partial charge in [0.15, 0.2) is 0 Å². The lowest BCUT2D eigenvalue weighted by Gasteiger charge is -2.44. The Morgan fingerprint density at radius 1 is 1.23 bits per heavy atom. The number of hydrogen-bond acceptors (Lipinski definition) is 6. The van der Waals surface area contributed by atoms with Crippen LogP contribution < -0.4 is 0 Å². The highest BCUT2D eigenvalue weighted by Crippen LogP contribution is 2.24. The zero-order valence-corrected chi connectivity index (χ0v) is 14.2. The first-order valence-corrected chi connectivity index (χ1v) is 8.99. The van der Waals surface area contributed by atoms with Crippen molar-refractivity contribution in [3.05, 3.63) is 0 Å². The molecule has 128 valence electrons. The third-order valence-corrected chi connectivity index (χ3v) is 5.64. The molecule has 22 heavy (non-hydrogen) atoms. The molecular formula is C13H24N2O6S. The van der Waals surface area contributed by atoms with Crippen LogP contribution in [0.2, 0.25) is 0 Å². The molecule has 0 N–H and O–H groups in total. The van der Waals surface area contributed by atoms with Gasteiger partial charge in [-0.2, -0.15) is 0 Å². The number of carbonyl (C=O) groups excluding carboxylic acids is 1. The summed E-state index contributed by atoms with van der Waals surface area (Å²) in [5, 5.41) is 0. The summed E-state index contributed by atoms with van der Waals surface area (Å²) in [6.45, 7) is 1.28. The molecule has 0 unspecified atom stereocenters. The van der Waals surface area contributed by atoms with E-state index in [9.17, 15) is 13.2 Å². The van der Waals surface area contributed by atoms with Crippen LogP contribution in [0.25, 0.3) is 0 Å². The molecule has 2 saturated heterocycles. The van der Waals surface area contributed by atoms with Gasteiger partial charge in [-0.15, -0.1) is 0 Å². The van der Waals surface area contributed by atoms with E-state index in [1.165, 1.54) is 4.31 Å². The molecule has 2 fully saturated rings. The van der Waals surface area contributed by atoms with Crippen LogP contribution in [0.3, 0.4) is 0 Å². The van der Waals surface area contributed by atoms with E-state index >= 15 is 0 Å². The maximum atomic E-state index is 12.5. The largest absolute Gasteiger partial charge is 0.376 e. The van der Waals surface area contributed by atoms with Crippen LogP contribution in [0.1, 0.15) is 0 Å². The minimum absolute atomic E-state index is 0.0905. The van der Waals surface area contributed by atoms with E-state index in [1.807, 2.05) is 0 Å². The summed E-state index contributed by atoms with van der Waals surface area (Å²) in [5.74, 6) is -0.396. The monoisotopic (exact) mass is 336 g/mol. The topological polar surface area (TPSA) is 85.4 Å². The molecule has 0 saturated carbocycles. The molecule has 3 atom stereocenters. The molecule has 2 rings (SSSR count). The van der Waals surface area contributed by atoms with Crippen LogP contribution in [0.5, 0.6) is 0 Å². The van der Waals surface area contributed by atoms with Crippen LogP contribution in [-0.2, 0) is 29.0 Å². The molecule has 0 aromatic heterocycles. The predicted molar refractivity (Wildman–Crippen MR) is 78.9 cm³/mol. The van der Waals surface area contributed by atoms with Crippen LogP contribution in [-0.4, -0.2) is 95.6 Å². The molecule has 0 bridgehead atoms. The first kappa shape index (κ1) is 17.6. The van der Waals surface area contributed by atoms with Gasteiger partial charge >= 0.3 is 0 Å². The maximum Gasteiger partial charge on any atom is 0.228 e. The van der Waals surface area contributed by atoms with Crippen molar-refractivity contribution in [1.29, 1.82) is 0 Å². The number of amides is 1. The Labute approximate surface area is 131 Å². The van der Waals surface area contributed by atoms with E-state index in [-0.39, 0.29) is 43.2 Å². The third-order valence-electron chi connectivity index (χ3n) is 4.40. The van der Waals surface area contributed by atoms with Crippen molar-refractivity contribution >= 4 is 15.9 Å². The van der Waals surface area contributed by atoms with Crippen molar-refractivity contribution < 1.29 is 27.4 Å². The second-order valence-corrected chi connectivity index (χ2v) is 7.79. The lowest BCUT2D eigenvalue weighted by atomic mass is 9.97. The second kappa shape index (κ2) is 6.79. The fraction of sp³-hybridized carbons (Fsp3) is 0.923. The van der Waals surface area contributed by atoms with Crippen molar-refractivity contribution in [2.45, 2.75) is 18.2 Å². The first-order chi connectivity index (χ1) is 10.3. The van der Waals surface area contributed by atoms with Crippen LogP contribution in [0, 0.1) is 5.92 Å². The van der Waals surface area contributed by atoms with E-state index in [1.54, 1.807) is 26.2 Å². The van der Waals surface area contributed by atoms with Crippen molar-refractivity contribution in [2.24, 2.45) is 5.92 Å². The van der Waals surface area contributed by atoms with E-state index in [0.29, 0.717) is 13.2 Å². The summed E-state index contributed by atoms with van der Waals surface area (Å²) in [6, 6.07) is -0.247. The highest BCUT2D eigenvalue weighted by atomic mass is 32.2. The Morgan fingerprint density at radius 3 is 2.36 bits per heavy atom. The molecule has 2 aliphatic heterocycles. The fourth-order valence-electron chi connectivity index (χ4n) is 2.90. The lowest BCUT2D eigenvalue weighted by Crippen LogP contribution is -2.62. The molecule has 9 heteroatoms. The summed E-state index contributed by atoms with van der Waals surface area (Å²) >= 11 is 0. The van der Waals surface area contributed by atoms with Gasteiger partial charge in [-0.05, 0) is 0 Å². The lowest BCUT2D eigenvalue weighted by molar-refractivity contribution is -0.168. The van der Waals surface area contributed by atoms with Crippen molar-refractivity contribution in [2.75, 3.05) is 53.8 Å². The summed E-state index contributed by atoms with van der Waals surface area (Å²) in [4.78, 5) is 14.1. The highest BCUT2D eigenvalue weighted by molar-refractivity contribution is 7.88. The summed E-state index contributed by atoms with van der Waals surface area (Å²) < 4.78 is 40.4. The zero-order chi connectivity index (χ0) is 16.5. The molecule has 1 amide bonds. The summed E-state index contributed by atoms with van der Waals surface area (Å²) in [5.41, 5.74) is 0. The number of rotatable bonds is 5. The number of carbonyl (C=O) groups is 1. The summed E-state index contributed by atoms with van der Waals surface area (Å²) in [6.07, 6.45) is 0.656. The Kier molecular flexibility index (Phi) is 5.44. The normalized spacial score (nSPS) is 30.8. The number of hydrogen-bond donors (Lipinski definition) is 0. The maximum absolute atomic E-state index is 12.5. The standard InChI is InChI=1S/C13H24N2O6S/c1-14(10-7-21-8-11(19-2)12(10)20-3)13(16)9-5-15(6-9)22(4,17)18/h9-12H,5-8H2,1-4H3/t10-,11-,12+/m1/s1. The molecule has 0 aliphatic carbocycles. The molecule has 0 spiro atoms. The second-order valence-electron chi connectivity index (χ2n) is 5.81. The number of methoxy groups -OCH3 is 2. The Bertz CT molecular complexity index is 505. The van der Waals surface area contributed by atoms with Gasteiger partial charge < -0.3 is 19.1 Å². The van der Waals surface area contributed by atoms with Gasteiger partial charge in [0, 0.05) is 34.4 Å². The average Bonchev–Trinajstić information content (AvgIpc) is 2.42. The Balaban J connectivity index is 1.98. The van der Waals surface area contributed by atoms with Crippen molar-refractivity contribution in [3.8, 4) is 0 Å².